The number of anilines is 1. The molecule has 1 aromatic carbocycles. The summed E-state index contributed by atoms with van der Waals surface area (Å²) in [6.45, 7) is 1.76. The smallest absolute Gasteiger partial charge is 0.251 e. The van der Waals surface area contributed by atoms with Crippen LogP contribution in [0, 0.1) is 0 Å². The summed E-state index contributed by atoms with van der Waals surface area (Å²) < 4.78 is 5.10. The third kappa shape index (κ3) is 2.78. The van der Waals surface area contributed by atoms with Crippen LogP contribution in [0.5, 0.6) is 5.75 Å². The fraction of sp³-hybridized carbons (Fsp3) is 0.467. The van der Waals surface area contributed by atoms with E-state index >= 15 is 0 Å². The number of imide groups is 1. The lowest BCUT2D eigenvalue weighted by Crippen LogP contribution is -2.45. The van der Waals surface area contributed by atoms with Crippen LogP contribution in [0.25, 0.3) is 0 Å². The number of rotatable bonds is 3. The molecule has 0 aliphatic carbocycles. The van der Waals surface area contributed by atoms with Gasteiger partial charge in [-0.15, -0.1) is 0 Å². The number of amides is 2. The van der Waals surface area contributed by atoms with Gasteiger partial charge in [-0.2, -0.15) is 11.8 Å². The van der Waals surface area contributed by atoms with Crippen LogP contribution < -0.4 is 9.64 Å². The molecule has 0 spiro atoms. The second-order valence-electron chi connectivity index (χ2n) is 5.13. The maximum Gasteiger partial charge on any atom is 0.251 e. The number of methoxy groups -OCH3 is 1. The first kappa shape index (κ1) is 14.4. The summed E-state index contributed by atoms with van der Waals surface area (Å²) in [5.74, 6) is 2.55. The number of hydrogen-bond donors (Lipinski definition) is 0. The molecule has 0 saturated carbocycles. The zero-order valence-electron chi connectivity index (χ0n) is 11.9. The molecule has 0 radical (unpaired) electrons. The van der Waals surface area contributed by atoms with Crippen molar-refractivity contribution in [3.05, 3.63) is 24.3 Å². The van der Waals surface area contributed by atoms with Crippen LogP contribution in [-0.2, 0) is 9.59 Å². The highest BCUT2D eigenvalue weighted by Crippen LogP contribution is 2.28. The molecule has 21 heavy (non-hydrogen) atoms. The van der Waals surface area contributed by atoms with Gasteiger partial charge >= 0.3 is 0 Å². The third-order valence-corrected chi connectivity index (χ3v) is 4.88. The molecule has 2 aliphatic heterocycles. The number of thioether (sulfide) groups is 1. The topological polar surface area (TPSA) is 49.9 Å². The molecule has 1 atom stereocenters. The van der Waals surface area contributed by atoms with Gasteiger partial charge < -0.3 is 4.74 Å². The lowest BCUT2D eigenvalue weighted by molar-refractivity contribution is -0.122. The van der Waals surface area contributed by atoms with Crippen molar-refractivity contribution < 1.29 is 14.3 Å². The van der Waals surface area contributed by atoms with Crippen LogP contribution in [0.4, 0.5) is 5.69 Å². The van der Waals surface area contributed by atoms with Crippen LogP contribution in [0.2, 0.25) is 0 Å². The highest BCUT2D eigenvalue weighted by Gasteiger charge is 2.42. The van der Waals surface area contributed by atoms with E-state index in [1.807, 2.05) is 11.8 Å². The van der Waals surface area contributed by atoms with E-state index in [0.29, 0.717) is 11.4 Å². The number of nitrogens with zero attached hydrogens (tertiary/aromatic N) is 2. The molecule has 2 amide bonds. The number of benzene rings is 1. The highest BCUT2D eigenvalue weighted by atomic mass is 32.2. The van der Waals surface area contributed by atoms with E-state index in [-0.39, 0.29) is 24.3 Å². The zero-order chi connectivity index (χ0) is 14.8. The first-order valence-corrected chi connectivity index (χ1v) is 8.19. The van der Waals surface area contributed by atoms with E-state index in [9.17, 15) is 9.59 Å². The van der Waals surface area contributed by atoms with E-state index in [4.69, 9.17) is 4.74 Å². The summed E-state index contributed by atoms with van der Waals surface area (Å²) >= 11 is 1.90. The minimum atomic E-state index is -0.291. The van der Waals surface area contributed by atoms with E-state index < -0.39 is 0 Å². The summed E-state index contributed by atoms with van der Waals surface area (Å²) in [4.78, 5) is 28.3. The Balaban J connectivity index is 1.79. The average molecular weight is 306 g/mol. The number of carbonyl (C=O) groups excluding carboxylic acids is 2. The average Bonchev–Trinajstić information content (AvgIpc) is 2.83. The van der Waals surface area contributed by atoms with Crippen molar-refractivity contribution >= 4 is 29.3 Å². The quantitative estimate of drug-likeness (QED) is 0.790. The predicted molar refractivity (Wildman–Crippen MR) is 82.8 cm³/mol. The fourth-order valence-corrected chi connectivity index (χ4v) is 3.72. The van der Waals surface area contributed by atoms with Crippen LogP contribution in [-0.4, -0.2) is 54.5 Å². The van der Waals surface area contributed by atoms with Crippen LogP contribution in [0.15, 0.2) is 24.3 Å². The van der Waals surface area contributed by atoms with Crippen LogP contribution >= 0.6 is 11.8 Å². The largest absolute Gasteiger partial charge is 0.497 e. The minimum absolute atomic E-state index is 0.0999. The van der Waals surface area contributed by atoms with Gasteiger partial charge in [0, 0.05) is 24.6 Å². The molecule has 2 saturated heterocycles. The van der Waals surface area contributed by atoms with Gasteiger partial charge in [-0.05, 0) is 24.3 Å². The first-order valence-electron chi connectivity index (χ1n) is 7.03. The van der Waals surface area contributed by atoms with E-state index in [1.54, 1.807) is 31.4 Å². The highest BCUT2D eigenvalue weighted by molar-refractivity contribution is 7.99. The van der Waals surface area contributed by atoms with Gasteiger partial charge in [-0.25, -0.2) is 4.90 Å². The van der Waals surface area contributed by atoms with Crippen LogP contribution in [0.1, 0.15) is 6.42 Å². The molecule has 6 heteroatoms. The number of carbonyl (C=O) groups is 2. The monoisotopic (exact) mass is 306 g/mol. The van der Waals surface area contributed by atoms with Crippen molar-refractivity contribution in [1.29, 1.82) is 0 Å². The molecule has 0 N–H and O–H groups in total. The molecule has 2 aliphatic rings. The molecular formula is C15H18N2O3S. The fourth-order valence-electron chi connectivity index (χ4n) is 2.79. The summed E-state index contributed by atoms with van der Waals surface area (Å²) in [5, 5.41) is 0. The lowest BCUT2D eigenvalue weighted by atomic mass is 10.2. The molecule has 112 valence electrons. The van der Waals surface area contributed by atoms with Crippen molar-refractivity contribution in [2.45, 2.75) is 12.5 Å². The maximum absolute atomic E-state index is 12.6. The van der Waals surface area contributed by atoms with E-state index in [1.165, 1.54) is 4.90 Å². The Morgan fingerprint density at radius 1 is 1.14 bits per heavy atom. The summed E-state index contributed by atoms with van der Waals surface area (Å²) in [6, 6.07) is 6.74. The van der Waals surface area contributed by atoms with E-state index in [2.05, 4.69) is 4.90 Å². The minimum Gasteiger partial charge on any atom is -0.497 e. The summed E-state index contributed by atoms with van der Waals surface area (Å²) in [6.07, 6.45) is 0.287. The molecule has 5 nitrogen and oxygen atoms in total. The van der Waals surface area contributed by atoms with Gasteiger partial charge in [-0.3, -0.25) is 14.5 Å². The molecule has 3 rings (SSSR count). The van der Waals surface area contributed by atoms with Crippen molar-refractivity contribution in [2.75, 3.05) is 36.6 Å². The van der Waals surface area contributed by atoms with Crippen molar-refractivity contribution in [3.63, 3.8) is 0 Å². The van der Waals surface area contributed by atoms with Crippen molar-refractivity contribution in [3.8, 4) is 5.75 Å². The van der Waals surface area contributed by atoms with Gasteiger partial charge in [0.05, 0.1) is 25.3 Å². The van der Waals surface area contributed by atoms with Gasteiger partial charge in [0.15, 0.2) is 0 Å². The first-order chi connectivity index (χ1) is 10.2. The Kier molecular flexibility index (Phi) is 4.17. The van der Waals surface area contributed by atoms with E-state index in [0.717, 1.165) is 24.6 Å². The Morgan fingerprint density at radius 2 is 1.81 bits per heavy atom. The van der Waals surface area contributed by atoms with Gasteiger partial charge in [0.2, 0.25) is 5.91 Å². The normalized spacial score (nSPS) is 23.7. The number of hydrogen-bond acceptors (Lipinski definition) is 5. The predicted octanol–water partition coefficient (Wildman–Crippen LogP) is 1.38. The molecule has 0 aromatic heterocycles. The maximum atomic E-state index is 12.6. The second kappa shape index (κ2) is 6.07. The molecule has 0 bridgehead atoms. The Bertz CT molecular complexity index is 540. The summed E-state index contributed by atoms with van der Waals surface area (Å²) in [5.41, 5.74) is 0.625. The van der Waals surface area contributed by atoms with Crippen LogP contribution in [0.3, 0.4) is 0 Å². The van der Waals surface area contributed by atoms with Gasteiger partial charge in [0.25, 0.3) is 5.91 Å². The van der Waals surface area contributed by atoms with Crippen molar-refractivity contribution in [1.82, 2.24) is 4.90 Å². The SMILES string of the molecule is COc1ccc(N2C(=O)CC(N3CCSCC3)C2=O)cc1. The molecule has 2 heterocycles. The molecule has 1 unspecified atom stereocenters. The number of ether oxygens (including phenoxy) is 1. The lowest BCUT2D eigenvalue weighted by Gasteiger charge is -2.30. The van der Waals surface area contributed by atoms with Gasteiger partial charge in [0.1, 0.15) is 5.75 Å². The Morgan fingerprint density at radius 3 is 2.43 bits per heavy atom. The Hall–Kier alpha value is -1.53. The molecular weight excluding hydrogens is 288 g/mol. The zero-order valence-corrected chi connectivity index (χ0v) is 12.8. The molecule has 2 fully saturated rings. The van der Waals surface area contributed by atoms with Crippen molar-refractivity contribution in [2.24, 2.45) is 0 Å². The third-order valence-electron chi connectivity index (χ3n) is 3.94. The molecule has 1 aromatic rings. The summed E-state index contributed by atoms with van der Waals surface area (Å²) in [7, 11) is 1.59. The second-order valence-corrected chi connectivity index (χ2v) is 6.36. The standard InChI is InChI=1S/C15H18N2O3S/c1-20-12-4-2-11(3-5-12)17-14(18)10-13(15(17)19)16-6-8-21-9-7-16/h2-5,13H,6-10H2,1H3. The van der Waals surface area contributed by atoms with Gasteiger partial charge in [-0.1, -0.05) is 0 Å². The Labute approximate surface area is 128 Å².